The van der Waals surface area contributed by atoms with Gasteiger partial charge in [-0.1, -0.05) is 6.07 Å². The number of halogens is 3. The number of aromatic nitrogens is 2. The second kappa shape index (κ2) is 4.04. The van der Waals surface area contributed by atoms with E-state index in [1.807, 2.05) is 0 Å². The first-order valence-electron chi connectivity index (χ1n) is 5.23. The molecule has 0 bridgehead atoms. The van der Waals surface area contributed by atoms with Gasteiger partial charge in [0.05, 0.1) is 11.3 Å². The highest BCUT2D eigenvalue weighted by Gasteiger charge is 2.30. The van der Waals surface area contributed by atoms with Crippen LogP contribution in [0.2, 0.25) is 0 Å². The van der Waals surface area contributed by atoms with E-state index in [1.54, 1.807) is 14.0 Å². The fourth-order valence-corrected chi connectivity index (χ4v) is 1.66. The summed E-state index contributed by atoms with van der Waals surface area (Å²) in [6.45, 7) is 1.71. The fraction of sp³-hybridized carbons (Fsp3) is 0.250. The Bertz CT molecular complexity index is 638. The molecule has 2 aromatic rings. The van der Waals surface area contributed by atoms with Crippen LogP contribution in [0.1, 0.15) is 11.3 Å². The van der Waals surface area contributed by atoms with Crippen molar-refractivity contribution < 1.29 is 13.2 Å². The Morgan fingerprint density at radius 1 is 1.22 bits per heavy atom. The first-order chi connectivity index (χ1) is 8.30. The van der Waals surface area contributed by atoms with Crippen molar-refractivity contribution in [3.05, 3.63) is 52.2 Å². The topological polar surface area (TPSA) is 26.9 Å². The van der Waals surface area contributed by atoms with E-state index >= 15 is 0 Å². The smallest absolute Gasteiger partial charge is 0.299 e. The first-order valence-corrected chi connectivity index (χ1v) is 5.23. The largest absolute Gasteiger partial charge is 0.416 e. The summed E-state index contributed by atoms with van der Waals surface area (Å²) in [5.74, 6) is 0. The van der Waals surface area contributed by atoms with Gasteiger partial charge in [0.25, 0.3) is 0 Å². The van der Waals surface area contributed by atoms with Gasteiger partial charge in [-0.25, -0.2) is 4.79 Å². The number of hydrogen-bond donors (Lipinski definition) is 0. The Morgan fingerprint density at radius 2 is 1.89 bits per heavy atom. The average molecular weight is 256 g/mol. The van der Waals surface area contributed by atoms with Gasteiger partial charge in [-0.05, 0) is 25.1 Å². The zero-order valence-electron chi connectivity index (χ0n) is 9.82. The molecule has 0 spiro atoms. The molecule has 0 radical (unpaired) electrons. The maximum atomic E-state index is 12.6. The van der Waals surface area contributed by atoms with Crippen molar-refractivity contribution >= 4 is 0 Å². The van der Waals surface area contributed by atoms with Crippen LogP contribution in [-0.2, 0) is 13.2 Å². The monoisotopic (exact) mass is 256 g/mol. The summed E-state index contributed by atoms with van der Waals surface area (Å²) in [5.41, 5.74) is -0.254. The van der Waals surface area contributed by atoms with Gasteiger partial charge >= 0.3 is 11.9 Å². The number of alkyl halides is 3. The van der Waals surface area contributed by atoms with Crippen molar-refractivity contribution in [2.75, 3.05) is 0 Å². The molecule has 0 saturated carbocycles. The quantitative estimate of drug-likeness (QED) is 0.770. The summed E-state index contributed by atoms with van der Waals surface area (Å²) in [5, 5.41) is 0. The van der Waals surface area contributed by atoms with Crippen LogP contribution >= 0.6 is 0 Å². The van der Waals surface area contributed by atoms with E-state index in [0.29, 0.717) is 5.69 Å². The van der Waals surface area contributed by atoms with E-state index in [2.05, 4.69) is 0 Å². The molecule has 0 saturated heterocycles. The van der Waals surface area contributed by atoms with Crippen LogP contribution in [0, 0.1) is 6.92 Å². The number of hydrogen-bond acceptors (Lipinski definition) is 1. The minimum absolute atomic E-state index is 0.207. The zero-order valence-corrected chi connectivity index (χ0v) is 9.82. The predicted molar refractivity (Wildman–Crippen MR) is 60.7 cm³/mol. The van der Waals surface area contributed by atoms with Crippen LogP contribution in [0.3, 0.4) is 0 Å². The lowest BCUT2D eigenvalue weighted by Crippen LogP contribution is -2.21. The van der Waals surface area contributed by atoms with Crippen molar-refractivity contribution in [2.45, 2.75) is 13.1 Å². The van der Waals surface area contributed by atoms with Gasteiger partial charge in [0.15, 0.2) is 0 Å². The van der Waals surface area contributed by atoms with Gasteiger partial charge in [0.2, 0.25) is 0 Å². The minimum atomic E-state index is -4.41. The standard InChI is InChI=1S/C12H11F3N2O/c1-8-7-17(11(18)16(8)2)10-5-3-4-9(6-10)12(13,14)15/h3-7H,1-2H3. The lowest BCUT2D eigenvalue weighted by molar-refractivity contribution is -0.137. The van der Waals surface area contributed by atoms with Crippen molar-refractivity contribution in [1.82, 2.24) is 9.13 Å². The number of rotatable bonds is 1. The second-order valence-corrected chi connectivity index (χ2v) is 4.03. The van der Waals surface area contributed by atoms with Crippen LogP contribution in [0.15, 0.2) is 35.3 Å². The molecule has 0 amide bonds. The molecule has 0 N–H and O–H groups in total. The summed E-state index contributed by atoms with van der Waals surface area (Å²) in [4.78, 5) is 11.8. The van der Waals surface area contributed by atoms with Gasteiger partial charge in [-0.3, -0.25) is 9.13 Å². The fourth-order valence-electron chi connectivity index (χ4n) is 1.66. The lowest BCUT2D eigenvalue weighted by atomic mass is 10.2. The van der Waals surface area contributed by atoms with Crippen molar-refractivity contribution in [1.29, 1.82) is 0 Å². The van der Waals surface area contributed by atoms with Gasteiger partial charge in [-0.2, -0.15) is 13.2 Å². The number of aryl methyl sites for hydroxylation is 1. The van der Waals surface area contributed by atoms with E-state index in [1.165, 1.54) is 27.5 Å². The van der Waals surface area contributed by atoms with Crippen LogP contribution < -0.4 is 5.69 Å². The minimum Gasteiger partial charge on any atom is -0.299 e. The summed E-state index contributed by atoms with van der Waals surface area (Å²) >= 11 is 0. The third-order valence-corrected chi connectivity index (χ3v) is 2.79. The highest BCUT2D eigenvalue weighted by atomic mass is 19.4. The van der Waals surface area contributed by atoms with Gasteiger partial charge < -0.3 is 0 Å². The molecule has 0 aliphatic heterocycles. The summed E-state index contributed by atoms with van der Waals surface area (Å²) in [7, 11) is 1.57. The molecule has 0 atom stereocenters. The Balaban J connectivity index is 2.59. The van der Waals surface area contributed by atoms with E-state index in [0.717, 1.165) is 12.1 Å². The molecule has 0 unspecified atom stereocenters. The van der Waals surface area contributed by atoms with Gasteiger partial charge in [0.1, 0.15) is 0 Å². The van der Waals surface area contributed by atoms with Crippen molar-refractivity contribution in [2.24, 2.45) is 7.05 Å². The van der Waals surface area contributed by atoms with E-state index < -0.39 is 11.7 Å². The lowest BCUT2D eigenvalue weighted by Gasteiger charge is -2.08. The Labute approximate surface area is 101 Å². The molecular formula is C12H11F3N2O. The number of imidazole rings is 1. The Morgan fingerprint density at radius 3 is 2.39 bits per heavy atom. The molecule has 1 heterocycles. The molecule has 1 aromatic carbocycles. The van der Waals surface area contributed by atoms with E-state index in [9.17, 15) is 18.0 Å². The molecule has 96 valence electrons. The Kier molecular flexibility index (Phi) is 2.80. The van der Waals surface area contributed by atoms with Crippen molar-refractivity contribution in [3.8, 4) is 5.69 Å². The molecule has 2 rings (SSSR count). The maximum Gasteiger partial charge on any atom is 0.416 e. The SMILES string of the molecule is Cc1cn(-c2cccc(C(F)(F)F)c2)c(=O)n1C. The van der Waals surface area contributed by atoms with E-state index in [-0.39, 0.29) is 11.4 Å². The van der Waals surface area contributed by atoms with Gasteiger partial charge in [-0.15, -0.1) is 0 Å². The van der Waals surface area contributed by atoms with Gasteiger partial charge in [0, 0.05) is 18.9 Å². The molecule has 6 heteroatoms. The van der Waals surface area contributed by atoms with Crippen LogP contribution in [0.4, 0.5) is 13.2 Å². The number of nitrogens with zero attached hydrogens (tertiary/aromatic N) is 2. The Hall–Kier alpha value is -1.98. The predicted octanol–water partition coefficient (Wildman–Crippen LogP) is 2.50. The number of benzene rings is 1. The third kappa shape index (κ3) is 2.05. The third-order valence-electron chi connectivity index (χ3n) is 2.79. The summed E-state index contributed by atoms with van der Waals surface area (Å²) in [6, 6.07) is 4.69. The molecule has 0 aliphatic carbocycles. The molecule has 18 heavy (non-hydrogen) atoms. The molecule has 0 aliphatic rings. The van der Waals surface area contributed by atoms with Crippen LogP contribution in [0.5, 0.6) is 0 Å². The summed E-state index contributed by atoms with van der Waals surface area (Å²) < 4.78 is 40.3. The highest BCUT2D eigenvalue weighted by molar-refractivity contribution is 5.37. The van der Waals surface area contributed by atoms with Crippen LogP contribution in [0.25, 0.3) is 5.69 Å². The molecular weight excluding hydrogens is 245 g/mol. The first kappa shape index (κ1) is 12.5. The molecule has 0 fully saturated rings. The van der Waals surface area contributed by atoms with E-state index in [4.69, 9.17) is 0 Å². The summed E-state index contributed by atoms with van der Waals surface area (Å²) in [6.07, 6.45) is -2.90. The highest BCUT2D eigenvalue weighted by Crippen LogP contribution is 2.30. The molecule has 1 aromatic heterocycles. The average Bonchev–Trinajstić information content (AvgIpc) is 2.56. The maximum absolute atomic E-state index is 12.6. The van der Waals surface area contributed by atoms with Crippen LogP contribution in [-0.4, -0.2) is 9.13 Å². The normalized spacial score (nSPS) is 11.8. The second-order valence-electron chi connectivity index (χ2n) is 4.03. The zero-order chi connectivity index (χ0) is 13.5. The van der Waals surface area contributed by atoms with Crippen molar-refractivity contribution in [3.63, 3.8) is 0 Å². The molecule has 3 nitrogen and oxygen atoms in total.